The van der Waals surface area contributed by atoms with E-state index in [1.54, 1.807) is 4.57 Å². The Morgan fingerprint density at radius 1 is 1.47 bits per heavy atom. The van der Waals surface area contributed by atoms with Crippen LogP contribution >= 0.6 is 0 Å². The molecule has 2 aliphatic rings. The summed E-state index contributed by atoms with van der Waals surface area (Å²) in [5, 5.41) is 14.0. The van der Waals surface area contributed by atoms with Crippen molar-refractivity contribution >= 4 is 5.82 Å². The van der Waals surface area contributed by atoms with E-state index in [-0.39, 0.29) is 5.82 Å². The van der Waals surface area contributed by atoms with Crippen LogP contribution in [0.15, 0.2) is 6.20 Å². The average molecular weight is 267 g/mol. The van der Waals surface area contributed by atoms with Gasteiger partial charge >= 0.3 is 11.8 Å². The molecule has 0 radical (unpaired) electrons. The smallest absolute Gasteiger partial charge is 0.414 e. The van der Waals surface area contributed by atoms with Gasteiger partial charge in [-0.3, -0.25) is 9.47 Å². The van der Waals surface area contributed by atoms with Gasteiger partial charge in [-0.1, -0.05) is 0 Å². The van der Waals surface area contributed by atoms with Crippen molar-refractivity contribution in [2.24, 2.45) is 5.92 Å². The number of aromatic nitrogens is 2. The molecular weight excluding hydrogens is 250 g/mol. The van der Waals surface area contributed by atoms with Crippen molar-refractivity contribution in [2.75, 3.05) is 39.3 Å². The molecule has 104 valence electrons. The third-order valence-corrected chi connectivity index (χ3v) is 3.59. The van der Waals surface area contributed by atoms with Crippen LogP contribution in [0.1, 0.15) is 0 Å². The predicted octanol–water partition coefficient (Wildman–Crippen LogP) is -0.295. The normalized spacial score (nSPS) is 20.8. The molecule has 0 saturated carbocycles. The molecule has 2 aliphatic heterocycles. The first kappa shape index (κ1) is 12.4. The van der Waals surface area contributed by atoms with Crippen molar-refractivity contribution in [3.63, 3.8) is 0 Å². The minimum atomic E-state index is -0.487. The summed E-state index contributed by atoms with van der Waals surface area (Å²) in [4.78, 5) is 16.4. The second-order valence-corrected chi connectivity index (χ2v) is 5.01. The van der Waals surface area contributed by atoms with Gasteiger partial charge in [0.2, 0.25) is 0 Å². The lowest BCUT2D eigenvalue weighted by molar-refractivity contribution is -0.389. The maximum absolute atomic E-state index is 10.7. The van der Waals surface area contributed by atoms with Gasteiger partial charge < -0.3 is 20.2 Å². The van der Waals surface area contributed by atoms with Crippen LogP contribution in [0, 0.1) is 16.0 Å². The highest BCUT2D eigenvalue weighted by Crippen LogP contribution is 2.19. The maximum Gasteiger partial charge on any atom is 0.414 e. The van der Waals surface area contributed by atoms with Gasteiger partial charge in [0.05, 0.1) is 0 Å². The number of hydrogen-bond acceptors (Lipinski definition) is 6. The third kappa shape index (κ3) is 2.69. The molecule has 0 atom stereocenters. The molecule has 0 aliphatic carbocycles. The molecule has 1 aromatic rings. The van der Waals surface area contributed by atoms with Crippen LogP contribution in [0.4, 0.5) is 5.82 Å². The van der Waals surface area contributed by atoms with Crippen molar-refractivity contribution in [1.29, 1.82) is 0 Å². The van der Waals surface area contributed by atoms with Crippen molar-refractivity contribution in [3.8, 4) is 6.01 Å². The Morgan fingerprint density at radius 2 is 2.32 bits per heavy atom. The molecule has 1 fully saturated rings. The Kier molecular flexibility index (Phi) is 3.34. The standard InChI is InChI=1S/C11H17N5O3/c17-16(18)10-8-15-2-1-14(7-9-5-12-6-9)3-4-19-11(15)13-10/h8-9,12H,1-7H2. The number of imidazole rings is 1. The van der Waals surface area contributed by atoms with E-state index < -0.39 is 4.92 Å². The molecule has 8 heteroatoms. The van der Waals surface area contributed by atoms with E-state index in [0.717, 1.165) is 38.6 Å². The number of nitro groups is 1. The molecule has 3 rings (SSSR count). The molecule has 0 aromatic carbocycles. The first-order chi connectivity index (χ1) is 9.22. The summed E-state index contributed by atoms with van der Waals surface area (Å²) in [7, 11) is 0. The van der Waals surface area contributed by atoms with E-state index in [4.69, 9.17) is 4.74 Å². The van der Waals surface area contributed by atoms with Crippen LogP contribution in [0.25, 0.3) is 0 Å². The number of nitrogens with zero attached hydrogens (tertiary/aromatic N) is 4. The second kappa shape index (κ2) is 5.14. The minimum Gasteiger partial charge on any atom is -0.444 e. The SMILES string of the molecule is O=[N+]([O-])c1cn2c(n1)OCCN(CC1CNC1)CC2. The summed E-state index contributed by atoms with van der Waals surface area (Å²) in [5.41, 5.74) is 0. The molecule has 0 spiro atoms. The van der Waals surface area contributed by atoms with Crippen molar-refractivity contribution in [2.45, 2.75) is 6.54 Å². The molecule has 1 aromatic heterocycles. The number of ether oxygens (including phenoxy) is 1. The number of fused-ring (bicyclic) bond motifs is 1. The number of rotatable bonds is 3. The van der Waals surface area contributed by atoms with Gasteiger partial charge in [-0.05, 0) is 10.8 Å². The summed E-state index contributed by atoms with van der Waals surface area (Å²) in [6, 6.07) is 0.358. The van der Waals surface area contributed by atoms with Crippen LogP contribution in [0.5, 0.6) is 6.01 Å². The lowest BCUT2D eigenvalue weighted by atomic mass is 10.0. The van der Waals surface area contributed by atoms with E-state index in [2.05, 4.69) is 15.2 Å². The fourth-order valence-electron chi connectivity index (χ4n) is 2.40. The van der Waals surface area contributed by atoms with Crippen LogP contribution in [0.2, 0.25) is 0 Å². The van der Waals surface area contributed by atoms with Gasteiger partial charge in [0.15, 0.2) is 0 Å². The van der Waals surface area contributed by atoms with Gasteiger partial charge in [-0.2, -0.15) is 0 Å². The van der Waals surface area contributed by atoms with Crippen LogP contribution in [0.3, 0.4) is 0 Å². The Labute approximate surface area is 110 Å². The third-order valence-electron chi connectivity index (χ3n) is 3.59. The van der Waals surface area contributed by atoms with E-state index in [1.165, 1.54) is 6.20 Å². The summed E-state index contributed by atoms with van der Waals surface area (Å²) in [6.07, 6.45) is 1.45. The molecule has 19 heavy (non-hydrogen) atoms. The minimum absolute atomic E-state index is 0.147. The first-order valence-electron chi connectivity index (χ1n) is 6.50. The Hall–Kier alpha value is -1.67. The molecule has 0 bridgehead atoms. The molecule has 0 unspecified atom stereocenters. The lowest BCUT2D eigenvalue weighted by Crippen LogP contribution is -2.49. The molecule has 3 heterocycles. The van der Waals surface area contributed by atoms with Crippen LogP contribution < -0.4 is 10.1 Å². The summed E-state index contributed by atoms with van der Waals surface area (Å²) < 4.78 is 7.24. The summed E-state index contributed by atoms with van der Waals surface area (Å²) in [6.45, 7) is 6.14. The van der Waals surface area contributed by atoms with Crippen LogP contribution in [-0.2, 0) is 6.54 Å². The van der Waals surface area contributed by atoms with Crippen molar-refractivity contribution in [3.05, 3.63) is 16.3 Å². The summed E-state index contributed by atoms with van der Waals surface area (Å²) >= 11 is 0. The highest BCUT2D eigenvalue weighted by atomic mass is 16.6. The Balaban J connectivity index is 1.65. The van der Waals surface area contributed by atoms with Crippen LogP contribution in [-0.4, -0.2) is 58.7 Å². The van der Waals surface area contributed by atoms with E-state index in [1.807, 2.05) is 0 Å². The maximum atomic E-state index is 10.7. The van der Waals surface area contributed by atoms with Gasteiger partial charge in [0.25, 0.3) is 0 Å². The Morgan fingerprint density at radius 3 is 3.00 bits per heavy atom. The largest absolute Gasteiger partial charge is 0.444 e. The highest BCUT2D eigenvalue weighted by molar-refractivity contribution is 5.20. The molecule has 1 N–H and O–H groups in total. The molecular formula is C11H17N5O3. The van der Waals surface area contributed by atoms with Crippen molar-refractivity contribution < 1.29 is 9.66 Å². The van der Waals surface area contributed by atoms with Gasteiger partial charge in [0.1, 0.15) is 12.8 Å². The predicted molar refractivity (Wildman–Crippen MR) is 67.2 cm³/mol. The van der Waals surface area contributed by atoms with E-state index >= 15 is 0 Å². The number of nitrogens with one attached hydrogen (secondary N) is 1. The Bertz CT molecular complexity index is 471. The molecule has 0 amide bonds. The quantitative estimate of drug-likeness (QED) is 0.598. The molecule has 1 saturated heterocycles. The fourth-order valence-corrected chi connectivity index (χ4v) is 2.40. The van der Waals surface area contributed by atoms with Crippen molar-refractivity contribution in [1.82, 2.24) is 19.8 Å². The van der Waals surface area contributed by atoms with E-state index in [0.29, 0.717) is 19.2 Å². The fraction of sp³-hybridized carbons (Fsp3) is 0.727. The zero-order valence-corrected chi connectivity index (χ0v) is 10.6. The first-order valence-corrected chi connectivity index (χ1v) is 6.50. The average Bonchev–Trinajstić information content (AvgIpc) is 2.69. The molecule has 8 nitrogen and oxygen atoms in total. The van der Waals surface area contributed by atoms with Gasteiger partial charge in [-0.15, -0.1) is 0 Å². The highest BCUT2D eigenvalue weighted by Gasteiger charge is 2.25. The lowest BCUT2D eigenvalue weighted by Gasteiger charge is -2.33. The second-order valence-electron chi connectivity index (χ2n) is 5.01. The zero-order chi connectivity index (χ0) is 13.2. The van der Waals surface area contributed by atoms with Gasteiger partial charge in [0, 0.05) is 44.3 Å². The van der Waals surface area contributed by atoms with Gasteiger partial charge in [-0.25, -0.2) is 0 Å². The summed E-state index contributed by atoms with van der Waals surface area (Å²) in [5.74, 6) is 0.572. The number of hydrogen-bond donors (Lipinski definition) is 1. The topological polar surface area (TPSA) is 85.5 Å². The zero-order valence-electron chi connectivity index (χ0n) is 10.6. The monoisotopic (exact) mass is 267 g/mol. The van der Waals surface area contributed by atoms with E-state index in [9.17, 15) is 10.1 Å².